The molecule has 0 spiro atoms. The van der Waals surface area contributed by atoms with Crippen molar-refractivity contribution in [3.8, 4) is 56.7 Å². The predicted molar refractivity (Wildman–Crippen MR) is 258 cm³/mol. The first-order valence-corrected chi connectivity index (χ1v) is 21.2. The molecule has 4 heterocycles. The van der Waals surface area contributed by atoms with Crippen molar-refractivity contribution < 1.29 is 4.42 Å². The Balaban J connectivity index is 0.996. The fourth-order valence-electron chi connectivity index (χ4n) is 9.44. The Morgan fingerprint density at radius 3 is 1.46 bits per heavy atom. The highest BCUT2D eigenvalue weighted by Gasteiger charge is 2.21. The van der Waals surface area contributed by atoms with Crippen LogP contribution in [0.15, 0.2) is 217 Å². The second kappa shape index (κ2) is 14.0. The summed E-state index contributed by atoms with van der Waals surface area (Å²) in [7, 11) is 0. The zero-order valence-corrected chi connectivity index (χ0v) is 33.9. The number of rotatable bonds is 6. The van der Waals surface area contributed by atoms with E-state index >= 15 is 0 Å². The highest BCUT2D eigenvalue weighted by molar-refractivity contribution is 6.17. The van der Waals surface area contributed by atoms with Gasteiger partial charge in [-0.25, -0.2) is 4.98 Å². The minimum absolute atomic E-state index is 0.550. The number of furan rings is 1. The minimum Gasteiger partial charge on any atom is -0.456 e. The van der Waals surface area contributed by atoms with Crippen LogP contribution in [-0.4, -0.2) is 24.1 Å². The van der Waals surface area contributed by atoms with E-state index in [4.69, 9.17) is 19.4 Å². The smallest absolute Gasteiger partial charge is 0.238 e. The van der Waals surface area contributed by atoms with Gasteiger partial charge >= 0.3 is 0 Å². The Bertz CT molecular complexity index is 3860. The van der Waals surface area contributed by atoms with Gasteiger partial charge in [-0.15, -0.1) is 0 Å². The van der Waals surface area contributed by atoms with Gasteiger partial charge in [0, 0.05) is 55.2 Å². The molecule has 0 amide bonds. The number of para-hydroxylation sites is 3. The van der Waals surface area contributed by atoms with Crippen molar-refractivity contribution in [2.24, 2.45) is 0 Å². The van der Waals surface area contributed by atoms with Crippen LogP contribution in [0.25, 0.3) is 122 Å². The van der Waals surface area contributed by atoms with E-state index in [2.05, 4.69) is 215 Å². The molecule has 0 unspecified atom stereocenters. The lowest BCUT2D eigenvalue weighted by molar-refractivity contribution is 0.669. The molecule has 6 nitrogen and oxygen atoms in total. The average molecular weight is 806 g/mol. The van der Waals surface area contributed by atoms with Crippen LogP contribution >= 0.6 is 0 Å². The zero-order chi connectivity index (χ0) is 41.4. The first-order chi connectivity index (χ1) is 31.2. The third-order valence-electron chi connectivity index (χ3n) is 12.4. The largest absolute Gasteiger partial charge is 0.456 e. The molecule has 13 aromatic rings. The molecule has 0 aliphatic carbocycles. The lowest BCUT2D eigenvalue weighted by atomic mass is 10.0. The van der Waals surface area contributed by atoms with Crippen molar-refractivity contribution in [2.75, 3.05) is 0 Å². The number of hydrogen-bond donors (Lipinski definition) is 0. The van der Waals surface area contributed by atoms with Crippen molar-refractivity contribution >= 4 is 65.6 Å². The Kier molecular flexibility index (Phi) is 7.80. The van der Waals surface area contributed by atoms with Gasteiger partial charge in [0.05, 0.1) is 22.1 Å². The van der Waals surface area contributed by atoms with E-state index < -0.39 is 0 Å². The number of nitrogens with zero attached hydrogens (tertiary/aromatic N) is 5. The lowest BCUT2D eigenvalue weighted by Crippen LogP contribution is -2.06. The van der Waals surface area contributed by atoms with Crippen molar-refractivity contribution in [1.82, 2.24) is 24.1 Å². The highest BCUT2D eigenvalue weighted by Crippen LogP contribution is 2.40. The Morgan fingerprint density at radius 1 is 0.286 bits per heavy atom. The van der Waals surface area contributed by atoms with Crippen LogP contribution in [-0.2, 0) is 0 Å². The number of fused-ring (bicyclic) bond motifs is 9. The molecule has 0 atom stereocenters. The fraction of sp³-hybridized carbons (Fsp3) is 0. The summed E-state index contributed by atoms with van der Waals surface area (Å²) < 4.78 is 11.3. The first-order valence-electron chi connectivity index (χ1n) is 21.2. The van der Waals surface area contributed by atoms with Crippen LogP contribution in [0.2, 0.25) is 0 Å². The van der Waals surface area contributed by atoms with Gasteiger partial charge in [-0.05, 0) is 76.9 Å². The minimum atomic E-state index is 0.550. The summed E-state index contributed by atoms with van der Waals surface area (Å²) in [6, 6.07) is 74.4. The van der Waals surface area contributed by atoms with Gasteiger partial charge in [0.2, 0.25) is 5.95 Å². The third-order valence-corrected chi connectivity index (χ3v) is 12.4. The molecule has 13 rings (SSSR count). The molecular formula is C57H35N5O. The molecule has 0 aliphatic rings. The van der Waals surface area contributed by atoms with E-state index in [1.165, 1.54) is 21.9 Å². The fourth-order valence-corrected chi connectivity index (χ4v) is 9.44. The molecule has 9 aromatic carbocycles. The molecule has 0 bridgehead atoms. The van der Waals surface area contributed by atoms with Gasteiger partial charge < -0.3 is 8.98 Å². The Morgan fingerprint density at radius 2 is 0.794 bits per heavy atom. The second-order valence-corrected chi connectivity index (χ2v) is 16.0. The number of hydrogen-bond acceptors (Lipinski definition) is 4. The van der Waals surface area contributed by atoms with Gasteiger partial charge in [0.15, 0.2) is 11.6 Å². The SMILES string of the molecule is c1ccc(-c2cccc(-c3nc(-c4ccc5c(c4)oc4cc6c(cc45)c4ccccc4n6-c4cccc(-c5ccccc5)c4)nc(-n4c5ccccc5c5ccccc54)n3)c2)cc1. The Hall–Kier alpha value is -8.61. The van der Waals surface area contributed by atoms with Crippen LogP contribution in [0.5, 0.6) is 0 Å². The molecule has 6 heteroatoms. The van der Waals surface area contributed by atoms with Crippen molar-refractivity contribution in [3.05, 3.63) is 212 Å². The molecule has 0 N–H and O–H groups in total. The standard InChI is InChI=1S/C57H35N5O/c1-3-15-36(16-4-1)38-19-13-21-40(31-38)55-58-56(60-57(59-55)62-50-27-11-7-23-43(50)44-24-8-12-28-51(44)62)41-29-30-46-48-34-47-45-25-9-10-26-49(45)61(52(47)35-54(48)63-53(46)33-41)42-22-14-20-39(32-42)37-17-5-2-6-18-37/h1-35H. The lowest BCUT2D eigenvalue weighted by Gasteiger charge is -2.11. The number of benzene rings is 9. The summed E-state index contributed by atoms with van der Waals surface area (Å²) in [6.07, 6.45) is 0. The topological polar surface area (TPSA) is 61.7 Å². The zero-order valence-electron chi connectivity index (χ0n) is 33.9. The summed E-state index contributed by atoms with van der Waals surface area (Å²) in [5.74, 6) is 1.70. The maximum Gasteiger partial charge on any atom is 0.238 e. The van der Waals surface area contributed by atoms with E-state index in [9.17, 15) is 0 Å². The maximum absolute atomic E-state index is 6.81. The second-order valence-electron chi connectivity index (χ2n) is 16.0. The van der Waals surface area contributed by atoms with Crippen LogP contribution in [0.4, 0.5) is 0 Å². The van der Waals surface area contributed by atoms with Crippen molar-refractivity contribution in [3.63, 3.8) is 0 Å². The van der Waals surface area contributed by atoms with Crippen molar-refractivity contribution in [1.29, 1.82) is 0 Å². The third kappa shape index (κ3) is 5.69. The van der Waals surface area contributed by atoms with E-state index in [-0.39, 0.29) is 0 Å². The van der Waals surface area contributed by atoms with E-state index in [0.717, 1.165) is 82.7 Å². The normalized spacial score (nSPS) is 11.8. The summed E-state index contributed by atoms with van der Waals surface area (Å²) in [5, 5.41) is 6.74. The molecule has 0 fully saturated rings. The number of aromatic nitrogens is 5. The maximum atomic E-state index is 6.81. The van der Waals surface area contributed by atoms with Gasteiger partial charge in [0.25, 0.3) is 0 Å². The van der Waals surface area contributed by atoms with Gasteiger partial charge in [0.1, 0.15) is 11.2 Å². The van der Waals surface area contributed by atoms with E-state index in [1.807, 2.05) is 6.07 Å². The van der Waals surface area contributed by atoms with Crippen LogP contribution < -0.4 is 0 Å². The monoisotopic (exact) mass is 805 g/mol. The summed E-state index contributed by atoms with van der Waals surface area (Å²) >= 11 is 0. The summed E-state index contributed by atoms with van der Waals surface area (Å²) in [6.45, 7) is 0. The molecule has 0 aliphatic heterocycles. The predicted octanol–water partition coefficient (Wildman–Crippen LogP) is 14.6. The molecule has 4 aromatic heterocycles. The average Bonchev–Trinajstić information content (AvgIpc) is 4.00. The van der Waals surface area contributed by atoms with E-state index in [1.54, 1.807) is 0 Å². The Labute approximate surface area is 361 Å². The molecule has 294 valence electrons. The van der Waals surface area contributed by atoms with Gasteiger partial charge in [-0.2, -0.15) is 9.97 Å². The van der Waals surface area contributed by atoms with Gasteiger partial charge in [-0.3, -0.25) is 4.57 Å². The quantitative estimate of drug-likeness (QED) is 0.168. The summed E-state index contributed by atoms with van der Waals surface area (Å²) in [4.78, 5) is 15.7. The molecule has 0 saturated heterocycles. The van der Waals surface area contributed by atoms with Gasteiger partial charge in [-0.1, -0.05) is 152 Å². The molecule has 0 saturated carbocycles. The molecule has 63 heavy (non-hydrogen) atoms. The molecule has 0 radical (unpaired) electrons. The first kappa shape index (κ1) is 35.2. The highest BCUT2D eigenvalue weighted by atomic mass is 16.3. The van der Waals surface area contributed by atoms with Crippen LogP contribution in [0.1, 0.15) is 0 Å². The van der Waals surface area contributed by atoms with Crippen LogP contribution in [0, 0.1) is 0 Å². The summed E-state index contributed by atoms with van der Waals surface area (Å²) in [5.41, 5.74) is 13.3. The van der Waals surface area contributed by atoms with Crippen molar-refractivity contribution in [2.45, 2.75) is 0 Å². The molecular weight excluding hydrogens is 771 g/mol. The van der Waals surface area contributed by atoms with Crippen LogP contribution in [0.3, 0.4) is 0 Å². The van der Waals surface area contributed by atoms with E-state index in [0.29, 0.717) is 17.6 Å².